The zero-order valence-corrected chi connectivity index (χ0v) is 16.5. The summed E-state index contributed by atoms with van der Waals surface area (Å²) in [5.41, 5.74) is 3.40. The first kappa shape index (κ1) is 18.7. The van der Waals surface area contributed by atoms with Crippen molar-refractivity contribution in [1.29, 1.82) is 0 Å². The third-order valence-electron chi connectivity index (χ3n) is 3.65. The van der Waals surface area contributed by atoms with Gasteiger partial charge in [-0.15, -0.1) is 11.3 Å². The van der Waals surface area contributed by atoms with Crippen molar-refractivity contribution in [2.45, 2.75) is 13.8 Å². The summed E-state index contributed by atoms with van der Waals surface area (Å²) in [7, 11) is 0. The molecular weight excluding hydrogens is 389 g/mol. The van der Waals surface area contributed by atoms with Crippen molar-refractivity contribution < 1.29 is 4.79 Å². The molecule has 0 aliphatic rings. The van der Waals surface area contributed by atoms with Gasteiger partial charge in [0.25, 0.3) is 0 Å². The maximum Gasteiger partial charge on any atom is 0.226 e. The topological polar surface area (TPSA) is 54.0 Å². The van der Waals surface area contributed by atoms with E-state index in [1.54, 1.807) is 12.1 Å². The third kappa shape index (κ3) is 4.55. The molecule has 0 spiro atoms. The lowest BCUT2D eigenvalue weighted by atomic mass is 10.2. The number of thiazole rings is 1. The van der Waals surface area contributed by atoms with Gasteiger partial charge in [0.1, 0.15) is 0 Å². The number of anilines is 3. The van der Waals surface area contributed by atoms with E-state index in [4.69, 9.17) is 23.2 Å². The molecule has 4 nitrogen and oxygen atoms in total. The highest BCUT2D eigenvalue weighted by molar-refractivity contribution is 7.14. The van der Waals surface area contributed by atoms with Gasteiger partial charge in [-0.2, -0.15) is 0 Å². The Hall–Kier alpha value is -2.08. The first-order chi connectivity index (χ1) is 12.4. The normalized spacial score (nSPS) is 10.8. The number of nitrogens with one attached hydrogen (secondary N) is 2. The predicted molar refractivity (Wildman–Crippen MR) is 111 cm³/mol. The Bertz CT molecular complexity index is 923. The molecule has 0 fully saturated rings. The molecule has 3 rings (SSSR count). The summed E-state index contributed by atoms with van der Waals surface area (Å²) in [5.74, 6) is -0.0557. The number of rotatable bonds is 5. The quantitative estimate of drug-likeness (QED) is 0.512. The lowest BCUT2D eigenvalue weighted by Crippen LogP contribution is -2.17. The number of aromatic nitrogens is 1. The molecule has 26 heavy (non-hydrogen) atoms. The molecule has 0 saturated carbocycles. The predicted octanol–water partition coefficient (Wildman–Crippen LogP) is 6.46. The number of carbonyl (C=O) groups excluding carboxylic acids is 1. The molecular formula is C19H17Cl2N3OS. The van der Waals surface area contributed by atoms with Gasteiger partial charge in [0.2, 0.25) is 5.91 Å². The summed E-state index contributed by atoms with van der Waals surface area (Å²) >= 11 is 13.5. The fourth-order valence-electron chi connectivity index (χ4n) is 2.17. The van der Waals surface area contributed by atoms with Gasteiger partial charge in [-0.3, -0.25) is 4.79 Å². The molecule has 0 radical (unpaired) electrons. The van der Waals surface area contributed by atoms with E-state index in [0.29, 0.717) is 10.0 Å². The molecule has 0 aliphatic carbocycles. The van der Waals surface area contributed by atoms with Crippen molar-refractivity contribution in [1.82, 2.24) is 4.98 Å². The molecule has 0 saturated heterocycles. The minimum absolute atomic E-state index is 0.00287. The van der Waals surface area contributed by atoms with Gasteiger partial charge >= 0.3 is 0 Å². The third-order valence-corrected chi connectivity index (χ3v) is 5.14. The molecule has 0 aliphatic heterocycles. The smallest absolute Gasteiger partial charge is 0.226 e. The van der Waals surface area contributed by atoms with E-state index in [1.807, 2.05) is 49.6 Å². The van der Waals surface area contributed by atoms with Crippen LogP contribution in [0.25, 0.3) is 11.3 Å². The summed E-state index contributed by atoms with van der Waals surface area (Å²) in [6.07, 6.45) is 0. The highest BCUT2D eigenvalue weighted by Gasteiger charge is 2.09. The molecule has 134 valence electrons. The average molecular weight is 406 g/mol. The van der Waals surface area contributed by atoms with E-state index in [2.05, 4.69) is 15.6 Å². The highest BCUT2D eigenvalue weighted by Crippen LogP contribution is 2.31. The van der Waals surface area contributed by atoms with Crippen LogP contribution in [0.3, 0.4) is 0 Å². The van der Waals surface area contributed by atoms with Crippen molar-refractivity contribution in [3.63, 3.8) is 0 Å². The molecule has 7 heteroatoms. The van der Waals surface area contributed by atoms with Crippen LogP contribution in [0.4, 0.5) is 16.5 Å². The lowest BCUT2D eigenvalue weighted by molar-refractivity contribution is -0.118. The molecule has 2 N–H and O–H groups in total. The molecule has 0 bridgehead atoms. The van der Waals surface area contributed by atoms with Gasteiger partial charge < -0.3 is 10.6 Å². The molecule has 0 unspecified atom stereocenters. The Balaban J connectivity index is 1.69. The lowest BCUT2D eigenvalue weighted by Gasteiger charge is -2.08. The van der Waals surface area contributed by atoms with E-state index in [1.165, 1.54) is 11.3 Å². The van der Waals surface area contributed by atoms with E-state index in [0.717, 1.165) is 27.8 Å². The van der Waals surface area contributed by atoms with Gasteiger partial charge in [-0.25, -0.2) is 4.98 Å². The summed E-state index contributed by atoms with van der Waals surface area (Å²) < 4.78 is 0. The van der Waals surface area contributed by atoms with Crippen molar-refractivity contribution in [3.05, 3.63) is 57.9 Å². The molecule has 1 heterocycles. The van der Waals surface area contributed by atoms with E-state index in [-0.39, 0.29) is 11.8 Å². The van der Waals surface area contributed by atoms with Crippen molar-refractivity contribution in [2.24, 2.45) is 5.92 Å². The van der Waals surface area contributed by atoms with Gasteiger partial charge in [0.05, 0.1) is 15.7 Å². The van der Waals surface area contributed by atoms with Crippen LogP contribution in [-0.4, -0.2) is 10.9 Å². The Morgan fingerprint density at radius 3 is 2.38 bits per heavy atom. The van der Waals surface area contributed by atoms with E-state index >= 15 is 0 Å². The fraction of sp³-hybridized carbons (Fsp3) is 0.158. The highest BCUT2D eigenvalue weighted by atomic mass is 35.5. The number of hydrogen-bond donors (Lipinski definition) is 2. The fourth-order valence-corrected chi connectivity index (χ4v) is 3.20. The Labute approximate surface area is 166 Å². The number of carbonyl (C=O) groups is 1. The van der Waals surface area contributed by atoms with Crippen LogP contribution in [0.5, 0.6) is 0 Å². The van der Waals surface area contributed by atoms with Crippen LogP contribution in [-0.2, 0) is 4.79 Å². The first-order valence-corrected chi connectivity index (χ1v) is 9.65. The molecule has 1 amide bonds. The van der Waals surface area contributed by atoms with Crippen molar-refractivity contribution >= 4 is 57.0 Å². The van der Waals surface area contributed by atoms with Crippen LogP contribution in [0, 0.1) is 5.92 Å². The maximum atomic E-state index is 11.7. The number of hydrogen-bond acceptors (Lipinski definition) is 4. The number of benzene rings is 2. The second kappa shape index (κ2) is 8.08. The first-order valence-electron chi connectivity index (χ1n) is 8.01. The minimum Gasteiger partial charge on any atom is -0.332 e. The number of halogens is 2. The molecule has 1 aromatic heterocycles. The van der Waals surface area contributed by atoms with E-state index < -0.39 is 0 Å². The van der Waals surface area contributed by atoms with Gasteiger partial charge in [-0.1, -0.05) is 43.1 Å². The summed E-state index contributed by atoms with van der Waals surface area (Å²) in [4.78, 5) is 16.3. The summed E-state index contributed by atoms with van der Waals surface area (Å²) in [6, 6.07) is 13.0. The Kier molecular flexibility index (Phi) is 5.81. The standard InChI is InChI=1S/C19H17Cl2N3OS/c1-11(2)18(25)22-13-4-6-14(7-5-13)23-19-24-17(10-26-19)12-3-8-15(20)16(21)9-12/h3-11H,1-2H3,(H,22,25)(H,23,24). The molecule has 2 aromatic carbocycles. The zero-order valence-electron chi connectivity index (χ0n) is 14.2. The number of amides is 1. The average Bonchev–Trinajstić information content (AvgIpc) is 3.07. The van der Waals surface area contributed by atoms with Crippen molar-refractivity contribution in [2.75, 3.05) is 10.6 Å². The maximum absolute atomic E-state index is 11.7. The van der Waals surface area contributed by atoms with Gasteiger partial charge in [-0.05, 0) is 36.4 Å². The molecule has 0 atom stereocenters. The van der Waals surface area contributed by atoms with Crippen LogP contribution < -0.4 is 10.6 Å². The van der Waals surface area contributed by atoms with Crippen LogP contribution >= 0.6 is 34.5 Å². The van der Waals surface area contributed by atoms with Gasteiger partial charge in [0.15, 0.2) is 5.13 Å². The van der Waals surface area contributed by atoms with Crippen molar-refractivity contribution in [3.8, 4) is 11.3 Å². The zero-order chi connectivity index (χ0) is 18.7. The van der Waals surface area contributed by atoms with E-state index in [9.17, 15) is 4.79 Å². The number of nitrogens with zero attached hydrogens (tertiary/aromatic N) is 1. The summed E-state index contributed by atoms with van der Waals surface area (Å²) in [6.45, 7) is 3.72. The second-order valence-electron chi connectivity index (χ2n) is 6.01. The SMILES string of the molecule is CC(C)C(=O)Nc1ccc(Nc2nc(-c3ccc(Cl)c(Cl)c3)cs2)cc1. The second-order valence-corrected chi connectivity index (χ2v) is 7.69. The summed E-state index contributed by atoms with van der Waals surface area (Å²) in [5, 5.41) is 9.88. The largest absolute Gasteiger partial charge is 0.332 e. The van der Waals surface area contributed by atoms with Crippen LogP contribution in [0.1, 0.15) is 13.8 Å². The Morgan fingerprint density at radius 1 is 1.04 bits per heavy atom. The van der Waals surface area contributed by atoms with Gasteiger partial charge in [0, 0.05) is 28.2 Å². The van der Waals surface area contributed by atoms with Crippen LogP contribution in [0.15, 0.2) is 47.8 Å². The monoisotopic (exact) mass is 405 g/mol. The minimum atomic E-state index is -0.0529. The Morgan fingerprint density at radius 2 is 1.73 bits per heavy atom. The molecule has 3 aromatic rings. The van der Waals surface area contributed by atoms with Crippen LogP contribution in [0.2, 0.25) is 10.0 Å².